The Hall–Kier alpha value is -2.93. The Morgan fingerprint density at radius 1 is 1.30 bits per heavy atom. The van der Waals surface area contributed by atoms with Gasteiger partial charge in [-0.3, -0.25) is 0 Å². The lowest BCUT2D eigenvalue weighted by molar-refractivity contribution is 0.282. The second kappa shape index (κ2) is 6.05. The Labute approximate surface area is 132 Å². The molecule has 7 heteroatoms. The maximum Gasteiger partial charge on any atom is 0.219 e. The zero-order chi connectivity index (χ0) is 16.4. The molecule has 3 N–H and O–H groups in total. The Balaban J connectivity index is 1.92. The van der Waals surface area contributed by atoms with E-state index in [-0.39, 0.29) is 18.2 Å². The van der Waals surface area contributed by atoms with Crippen LogP contribution in [0.15, 0.2) is 42.7 Å². The number of nitrogens with zero attached hydrogens (tertiary/aromatic N) is 3. The Bertz CT molecular complexity index is 848. The summed E-state index contributed by atoms with van der Waals surface area (Å²) in [5.41, 5.74) is 7.92. The number of aryl methyl sites for hydroxylation is 1. The van der Waals surface area contributed by atoms with Gasteiger partial charge < -0.3 is 15.6 Å². The number of hydrogen-bond acceptors (Lipinski definition) is 5. The number of aliphatic hydroxyl groups is 1. The van der Waals surface area contributed by atoms with Gasteiger partial charge in [-0.1, -0.05) is 12.1 Å². The number of aliphatic hydroxyl groups excluding tert-OH is 1. The summed E-state index contributed by atoms with van der Waals surface area (Å²) in [6.45, 7) is 1.65. The topological polar surface area (TPSA) is 86.2 Å². The molecule has 3 aromatic rings. The highest BCUT2D eigenvalue weighted by molar-refractivity contribution is 5.50. The first-order valence-corrected chi connectivity index (χ1v) is 6.92. The highest BCUT2D eigenvalue weighted by Crippen LogP contribution is 2.26. The van der Waals surface area contributed by atoms with Crippen LogP contribution in [-0.4, -0.2) is 19.9 Å². The van der Waals surface area contributed by atoms with Gasteiger partial charge in [0.2, 0.25) is 5.88 Å². The van der Waals surface area contributed by atoms with E-state index in [1.807, 2.05) is 6.92 Å². The first-order valence-electron chi connectivity index (χ1n) is 6.92. The van der Waals surface area contributed by atoms with E-state index in [4.69, 9.17) is 10.5 Å². The van der Waals surface area contributed by atoms with Crippen molar-refractivity contribution in [1.82, 2.24) is 14.8 Å². The molecule has 0 amide bonds. The minimum absolute atomic E-state index is 0.105. The SMILES string of the molecule is Cc1cc(Oc2ccccc2F)ncc1-n1ncc(CO)c1N. The van der Waals surface area contributed by atoms with Gasteiger partial charge in [0.1, 0.15) is 5.82 Å². The third kappa shape index (κ3) is 2.86. The van der Waals surface area contributed by atoms with Gasteiger partial charge in [0.15, 0.2) is 11.6 Å². The normalized spacial score (nSPS) is 10.7. The summed E-state index contributed by atoms with van der Waals surface area (Å²) >= 11 is 0. The molecule has 23 heavy (non-hydrogen) atoms. The molecule has 0 radical (unpaired) electrons. The molecule has 1 aromatic carbocycles. The molecular weight excluding hydrogens is 299 g/mol. The molecule has 0 bridgehead atoms. The number of nitrogens with two attached hydrogens (primary N) is 1. The van der Waals surface area contributed by atoms with Gasteiger partial charge >= 0.3 is 0 Å². The van der Waals surface area contributed by atoms with Gasteiger partial charge in [0, 0.05) is 11.6 Å². The molecule has 6 nitrogen and oxygen atoms in total. The number of anilines is 1. The summed E-state index contributed by atoms with van der Waals surface area (Å²) in [4.78, 5) is 4.16. The first-order chi connectivity index (χ1) is 11.1. The average molecular weight is 314 g/mol. The third-order valence-corrected chi connectivity index (χ3v) is 3.39. The quantitative estimate of drug-likeness (QED) is 0.773. The molecule has 0 aliphatic heterocycles. The zero-order valence-electron chi connectivity index (χ0n) is 12.4. The van der Waals surface area contributed by atoms with E-state index in [1.165, 1.54) is 29.2 Å². The van der Waals surface area contributed by atoms with Crippen molar-refractivity contribution in [3.63, 3.8) is 0 Å². The van der Waals surface area contributed by atoms with Crippen molar-refractivity contribution >= 4 is 5.82 Å². The number of rotatable bonds is 4. The summed E-state index contributed by atoms with van der Waals surface area (Å²) in [6.07, 6.45) is 3.04. The molecule has 0 atom stereocenters. The molecule has 0 unspecified atom stereocenters. The lowest BCUT2D eigenvalue weighted by Crippen LogP contribution is -2.06. The van der Waals surface area contributed by atoms with Crippen molar-refractivity contribution in [2.75, 3.05) is 5.73 Å². The second-order valence-corrected chi connectivity index (χ2v) is 4.97. The lowest BCUT2D eigenvalue weighted by Gasteiger charge is -2.10. The van der Waals surface area contributed by atoms with Crippen molar-refractivity contribution in [1.29, 1.82) is 0 Å². The summed E-state index contributed by atoms with van der Waals surface area (Å²) in [6, 6.07) is 7.78. The Morgan fingerprint density at radius 2 is 2.09 bits per heavy atom. The van der Waals surface area contributed by atoms with Crippen LogP contribution >= 0.6 is 0 Å². The fourth-order valence-corrected chi connectivity index (χ4v) is 2.15. The molecule has 118 valence electrons. The van der Waals surface area contributed by atoms with Crippen LogP contribution in [-0.2, 0) is 6.61 Å². The van der Waals surface area contributed by atoms with Crippen LogP contribution in [0.1, 0.15) is 11.1 Å². The van der Waals surface area contributed by atoms with Crippen LogP contribution in [0.3, 0.4) is 0 Å². The predicted molar refractivity (Wildman–Crippen MR) is 82.9 cm³/mol. The van der Waals surface area contributed by atoms with E-state index in [0.29, 0.717) is 17.1 Å². The van der Waals surface area contributed by atoms with Gasteiger partial charge in [-0.25, -0.2) is 14.1 Å². The number of pyridine rings is 1. The fraction of sp³-hybridized carbons (Fsp3) is 0.125. The molecule has 0 saturated carbocycles. The highest BCUT2D eigenvalue weighted by atomic mass is 19.1. The van der Waals surface area contributed by atoms with E-state index < -0.39 is 5.82 Å². The van der Waals surface area contributed by atoms with Crippen LogP contribution in [0.5, 0.6) is 11.6 Å². The van der Waals surface area contributed by atoms with Gasteiger partial charge in [-0.2, -0.15) is 5.10 Å². The maximum absolute atomic E-state index is 13.6. The van der Waals surface area contributed by atoms with Crippen molar-refractivity contribution in [2.24, 2.45) is 0 Å². The van der Waals surface area contributed by atoms with Crippen molar-refractivity contribution < 1.29 is 14.2 Å². The summed E-state index contributed by atoms with van der Waals surface area (Å²) in [5, 5.41) is 13.3. The van der Waals surface area contributed by atoms with Crippen molar-refractivity contribution in [3.05, 3.63) is 59.7 Å². The van der Waals surface area contributed by atoms with E-state index in [1.54, 1.807) is 18.2 Å². The number of halogens is 1. The largest absolute Gasteiger partial charge is 0.436 e. The zero-order valence-corrected chi connectivity index (χ0v) is 12.4. The molecular formula is C16H15FN4O2. The molecule has 2 aromatic heterocycles. The number of ether oxygens (including phenoxy) is 1. The summed E-state index contributed by atoms with van der Waals surface area (Å²) < 4.78 is 20.5. The van der Waals surface area contributed by atoms with Crippen LogP contribution < -0.4 is 10.5 Å². The van der Waals surface area contributed by atoms with Crippen molar-refractivity contribution in [2.45, 2.75) is 13.5 Å². The van der Waals surface area contributed by atoms with Crippen molar-refractivity contribution in [3.8, 4) is 17.3 Å². The van der Waals surface area contributed by atoms with Crippen LogP contribution in [0, 0.1) is 12.7 Å². The van der Waals surface area contributed by atoms with Gasteiger partial charge in [-0.15, -0.1) is 0 Å². The van der Waals surface area contributed by atoms with Gasteiger partial charge in [0.25, 0.3) is 0 Å². The molecule has 0 fully saturated rings. The monoisotopic (exact) mass is 314 g/mol. The molecule has 0 saturated heterocycles. The molecule has 0 aliphatic rings. The van der Waals surface area contributed by atoms with E-state index in [2.05, 4.69) is 10.1 Å². The average Bonchev–Trinajstić information content (AvgIpc) is 2.90. The smallest absolute Gasteiger partial charge is 0.219 e. The van der Waals surface area contributed by atoms with Crippen LogP contribution in [0.2, 0.25) is 0 Å². The number of benzene rings is 1. The van der Waals surface area contributed by atoms with Crippen LogP contribution in [0.25, 0.3) is 5.69 Å². The third-order valence-electron chi connectivity index (χ3n) is 3.39. The molecule has 3 rings (SSSR count). The van der Waals surface area contributed by atoms with Gasteiger partial charge in [0.05, 0.1) is 24.7 Å². The summed E-state index contributed by atoms with van der Waals surface area (Å²) in [5.74, 6) is 0.262. The minimum atomic E-state index is -0.458. The first kappa shape index (κ1) is 15.0. The minimum Gasteiger partial charge on any atom is -0.436 e. The fourth-order valence-electron chi connectivity index (χ4n) is 2.15. The lowest BCUT2D eigenvalue weighted by atomic mass is 10.2. The molecule has 2 heterocycles. The second-order valence-electron chi connectivity index (χ2n) is 4.97. The van der Waals surface area contributed by atoms with E-state index in [0.717, 1.165) is 5.56 Å². The highest BCUT2D eigenvalue weighted by Gasteiger charge is 2.12. The molecule has 0 spiro atoms. The Kier molecular flexibility index (Phi) is 3.94. The summed E-state index contributed by atoms with van der Waals surface area (Å²) in [7, 11) is 0. The number of aromatic nitrogens is 3. The number of para-hydroxylation sites is 1. The van der Waals surface area contributed by atoms with E-state index in [9.17, 15) is 9.50 Å². The van der Waals surface area contributed by atoms with Crippen LogP contribution in [0.4, 0.5) is 10.2 Å². The number of hydrogen-bond donors (Lipinski definition) is 2. The van der Waals surface area contributed by atoms with Gasteiger partial charge in [-0.05, 0) is 24.6 Å². The maximum atomic E-state index is 13.6. The number of nitrogen functional groups attached to an aromatic ring is 1. The standard InChI is InChI=1S/C16H15FN4O2/c1-10-6-15(23-14-5-3-2-4-12(14)17)19-8-13(10)21-16(18)11(9-22)7-20-21/h2-8,22H,9,18H2,1H3. The van der Waals surface area contributed by atoms with E-state index >= 15 is 0 Å². The Morgan fingerprint density at radius 3 is 2.74 bits per heavy atom. The molecule has 0 aliphatic carbocycles. The predicted octanol–water partition coefficient (Wildman–Crippen LogP) is 2.58.